The average molecular weight is 391 g/mol. The number of esters is 1. The second-order valence-electron chi connectivity index (χ2n) is 8.81. The molecule has 0 spiro atoms. The van der Waals surface area contributed by atoms with E-state index in [0.29, 0.717) is 18.8 Å². The van der Waals surface area contributed by atoms with E-state index >= 15 is 0 Å². The largest absolute Gasteiger partial charge is 0.462 e. The van der Waals surface area contributed by atoms with Crippen molar-refractivity contribution in [2.75, 3.05) is 13.2 Å². The molecule has 0 unspecified atom stereocenters. The summed E-state index contributed by atoms with van der Waals surface area (Å²) in [5.74, 6) is -0.304. The Morgan fingerprint density at radius 1 is 1.00 bits per heavy atom. The lowest BCUT2D eigenvalue weighted by molar-refractivity contribution is -0.138. The number of carbonyl (C=O) groups excluding carboxylic acids is 1. The zero-order valence-electron chi connectivity index (χ0n) is 16.8. The van der Waals surface area contributed by atoms with Gasteiger partial charge >= 0.3 is 5.97 Å². The Hall–Kier alpha value is -0.219. The molecule has 1 N–H and O–H groups in total. The molecule has 0 aromatic carbocycles. The second kappa shape index (κ2) is 10.1. The molecule has 0 aromatic rings. The Labute approximate surface area is 151 Å². The van der Waals surface area contributed by atoms with Gasteiger partial charge in [0.15, 0.2) is 16.6 Å². The first-order chi connectivity index (χ1) is 10.8. The van der Waals surface area contributed by atoms with Gasteiger partial charge in [-0.1, -0.05) is 25.7 Å². The van der Waals surface area contributed by atoms with Gasteiger partial charge in [0.1, 0.15) is 0 Å². The van der Waals surface area contributed by atoms with Crippen LogP contribution < -0.4 is 0 Å². The van der Waals surface area contributed by atoms with E-state index in [-0.39, 0.29) is 5.97 Å². The molecule has 0 aliphatic carbocycles. The van der Waals surface area contributed by atoms with Crippen LogP contribution in [-0.4, -0.2) is 49.0 Å². The molecule has 0 bridgehead atoms. The van der Waals surface area contributed by atoms with Gasteiger partial charge in [0, 0.05) is 20.3 Å². The summed E-state index contributed by atoms with van der Waals surface area (Å²) < 4.78 is 11.9. The van der Waals surface area contributed by atoms with Gasteiger partial charge in [-0.15, -0.1) is 0 Å². The smallest absolute Gasteiger partial charge is 0.333 e. The minimum absolute atomic E-state index is 0.294. The molecule has 0 amide bonds. The Kier molecular flexibility index (Phi) is 9.97. The van der Waals surface area contributed by atoms with Crippen LogP contribution in [0, 0.1) is 0 Å². The van der Waals surface area contributed by atoms with E-state index in [4.69, 9.17) is 14.0 Å². The van der Waals surface area contributed by atoms with Crippen molar-refractivity contribution in [2.24, 2.45) is 0 Å². The Balaban J connectivity index is 4.39. The van der Waals surface area contributed by atoms with Crippen LogP contribution in [0.3, 0.4) is 0 Å². The highest BCUT2D eigenvalue weighted by atomic mass is 28.4. The molecule has 0 atom stereocenters. The molecule has 0 saturated carbocycles. The van der Waals surface area contributed by atoms with Crippen LogP contribution in [0.2, 0.25) is 57.0 Å². The van der Waals surface area contributed by atoms with Crippen LogP contribution in [0.15, 0.2) is 12.2 Å². The first-order valence-electron chi connectivity index (χ1n) is 8.94. The molecule has 0 aliphatic heterocycles. The number of rotatable bonds is 12. The third-order valence-corrected chi connectivity index (χ3v) is 18.9. The van der Waals surface area contributed by atoms with E-state index in [2.05, 4.69) is 45.9 Å². The number of hydrogen-bond donors (Lipinski definition) is 1. The molecule has 0 radical (unpaired) electrons. The van der Waals surface area contributed by atoms with Gasteiger partial charge < -0.3 is 14.0 Å². The van der Waals surface area contributed by atoms with Gasteiger partial charge in [-0.25, -0.2) is 4.79 Å². The van der Waals surface area contributed by atoms with E-state index in [0.717, 1.165) is 18.9 Å². The monoisotopic (exact) mass is 390 g/mol. The number of ether oxygens (including phenoxy) is 1. The van der Waals surface area contributed by atoms with Gasteiger partial charge in [0.2, 0.25) is 0 Å². The topological polar surface area (TPSA) is 55.8 Å². The first-order valence-corrected chi connectivity index (χ1v) is 18.6. The summed E-state index contributed by atoms with van der Waals surface area (Å²) in [6, 6.07) is 2.17. The fourth-order valence-electron chi connectivity index (χ4n) is 3.42. The van der Waals surface area contributed by atoms with Crippen molar-refractivity contribution in [3.05, 3.63) is 12.2 Å². The van der Waals surface area contributed by atoms with Crippen LogP contribution in [-0.2, 0) is 13.6 Å². The maximum atomic E-state index is 11.4. The quantitative estimate of drug-likeness (QED) is 0.230. The van der Waals surface area contributed by atoms with E-state index in [1.54, 1.807) is 6.92 Å². The lowest BCUT2D eigenvalue weighted by Crippen LogP contribution is -2.49. The SMILES string of the molecule is C=C(C)C(=O)OCCC[Si](C)(C)O[Si](C)(C)C[Si](C)(C)CCCO. The van der Waals surface area contributed by atoms with Crippen molar-refractivity contribution in [3.8, 4) is 0 Å². The third-order valence-electron chi connectivity index (χ3n) is 3.97. The van der Waals surface area contributed by atoms with E-state index < -0.39 is 24.7 Å². The molecule has 142 valence electrons. The Bertz CT molecular complexity index is 420. The van der Waals surface area contributed by atoms with Gasteiger partial charge in [-0.2, -0.15) is 0 Å². The molecule has 24 heavy (non-hydrogen) atoms. The summed E-state index contributed by atoms with van der Waals surface area (Å²) in [6.07, 6.45) is 1.77. The lowest BCUT2D eigenvalue weighted by atomic mass is 10.4. The fraction of sp³-hybridized carbons (Fsp3) is 0.824. The molecule has 0 fully saturated rings. The fourth-order valence-corrected chi connectivity index (χ4v) is 22.8. The predicted molar refractivity (Wildman–Crippen MR) is 110 cm³/mol. The molecule has 0 aromatic heterocycles. The highest BCUT2D eigenvalue weighted by molar-refractivity contribution is 6.96. The van der Waals surface area contributed by atoms with Crippen LogP contribution >= 0.6 is 0 Å². The highest BCUT2D eigenvalue weighted by Gasteiger charge is 2.37. The van der Waals surface area contributed by atoms with Crippen molar-refractivity contribution < 1.29 is 18.8 Å². The standard InChI is InChI=1S/C17H38O4Si3/c1-16(2)17(19)20-12-10-14-23(5,6)21-24(7,8)15-22(3,4)13-9-11-18/h18H,1,9-15H2,2-8H3. The molecular formula is C17H38O4Si3. The maximum absolute atomic E-state index is 11.4. The van der Waals surface area contributed by atoms with Crippen molar-refractivity contribution in [3.63, 3.8) is 0 Å². The first kappa shape index (κ1) is 23.8. The zero-order chi connectivity index (χ0) is 19.0. The van der Waals surface area contributed by atoms with Crippen molar-refractivity contribution >= 4 is 30.7 Å². The number of hydrogen-bond acceptors (Lipinski definition) is 4. The van der Waals surface area contributed by atoms with Gasteiger partial charge in [-0.05, 0) is 57.7 Å². The Morgan fingerprint density at radius 2 is 1.58 bits per heavy atom. The normalized spacial score (nSPS) is 13.0. The van der Waals surface area contributed by atoms with Crippen molar-refractivity contribution in [1.82, 2.24) is 0 Å². The summed E-state index contributed by atoms with van der Waals surface area (Å²) in [7, 11) is -4.76. The zero-order valence-corrected chi connectivity index (χ0v) is 19.8. The van der Waals surface area contributed by atoms with E-state index in [9.17, 15) is 4.79 Å². The highest BCUT2D eigenvalue weighted by Crippen LogP contribution is 2.29. The summed E-state index contributed by atoms with van der Waals surface area (Å²) in [6.45, 7) is 20.0. The van der Waals surface area contributed by atoms with Crippen molar-refractivity contribution in [2.45, 2.75) is 76.8 Å². The Morgan fingerprint density at radius 3 is 2.08 bits per heavy atom. The molecular weight excluding hydrogens is 352 g/mol. The summed E-state index contributed by atoms with van der Waals surface area (Å²) in [5, 5.41) is 9.08. The minimum atomic E-state index is -1.75. The van der Waals surface area contributed by atoms with Crippen molar-refractivity contribution in [1.29, 1.82) is 0 Å². The second-order valence-corrected chi connectivity index (χ2v) is 23.4. The lowest BCUT2D eigenvalue weighted by Gasteiger charge is -2.38. The van der Waals surface area contributed by atoms with Crippen LogP contribution in [0.5, 0.6) is 0 Å². The average Bonchev–Trinajstić information content (AvgIpc) is 2.38. The summed E-state index contributed by atoms with van der Waals surface area (Å²) in [4.78, 5) is 11.4. The molecule has 4 nitrogen and oxygen atoms in total. The maximum Gasteiger partial charge on any atom is 0.333 e. The summed E-state index contributed by atoms with van der Waals surface area (Å²) >= 11 is 0. The number of aliphatic hydroxyl groups excluding tert-OH is 1. The van der Waals surface area contributed by atoms with Crippen LogP contribution in [0.4, 0.5) is 0 Å². The van der Waals surface area contributed by atoms with Gasteiger partial charge in [0.05, 0.1) is 6.61 Å². The number of carbonyl (C=O) groups is 1. The molecule has 0 heterocycles. The predicted octanol–water partition coefficient (Wildman–Crippen LogP) is 4.55. The van der Waals surface area contributed by atoms with Gasteiger partial charge in [0.25, 0.3) is 0 Å². The van der Waals surface area contributed by atoms with Crippen LogP contribution in [0.25, 0.3) is 0 Å². The minimum Gasteiger partial charge on any atom is -0.462 e. The molecule has 0 saturated heterocycles. The third kappa shape index (κ3) is 11.4. The van der Waals surface area contributed by atoms with Gasteiger partial charge in [-0.3, -0.25) is 0 Å². The molecule has 0 aliphatic rings. The molecule has 7 heteroatoms. The van der Waals surface area contributed by atoms with Crippen LogP contribution in [0.1, 0.15) is 19.8 Å². The summed E-state index contributed by atoms with van der Waals surface area (Å²) in [5.41, 5.74) is 1.69. The number of aliphatic hydroxyl groups is 1. The van der Waals surface area contributed by atoms with E-state index in [1.807, 2.05) is 0 Å². The van der Waals surface area contributed by atoms with E-state index in [1.165, 1.54) is 11.7 Å². The molecule has 0 rings (SSSR count).